The number of ether oxygens (including phenoxy) is 1. The second-order valence-corrected chi connectivity index (χ2v) is 6.46. The maximum atomic E-state index is 12.6. The largest absolute Gasteiger partial charge is 0.482 e. The highest BCUT2D eigenvalue weighted by molar-refractivity contribution is 6.13. The molecule has 0 saturated carbocycles. The number of amides is 2. The number of nitrogens with one attached hydrogen (secondary N) is 1. The smallest absolute Gasteiger partial charge is 0.265 e. The van der Waals surface area contributed by atoms with Crippen molar-refractivity contribution in [1.29, 1.82) is 0 Å². The molecule has 29 heavy (non-hydrogen) atoms. The Labute approximate surface area is 168 Å². The van der Waals surface area contributed by atoms with E-state index in [1.807, 2.05) is 66.7 Å². The van der Waals surface area contributed by atoms with Crippen molar-refractivity contribution < 1.29 is 14.3 Å². The van der Waals surface area contributed by atoms with E-state index in [0.717, 1.165) is 11.1 Å². The second-order valence-electron chi connectivity index (χ2n) is 6.46. The summed E-state index contributed by atoms with van der Waals surface area (Å²) in [7, 11) is 0. The van der Waals surface area contributed by atoms with Gasteiger partial charge in [0.25, 0.3) is 11.8 Å². The molecule has 3 aromatic rings. The molecule has 0 fully saturated rings. The number of hydrogen-bond donors (Lipinski definition) is 1. The van der Waals surface area contributed by atoms with Crippen LogP contribution in [-0.2, 0) is 9.59 Å². The SMILES string of the molecule is O=C(CN1C(=O)COc2ccccc21)NN=C(c1ccccc1)c1ccccc1. The van der Waals surface area contributed by atoms with Gasteiger partial charge in [-0.2, -0.15) is 5.10 Å². The third-order valence-corrected chi connectivity index (χ3v) is 4.50. The lowest BCUT2D eigenvalue weighted by Gasteiger charge is -2.28. The molecule has 0 unspecified atom stereocenters. The average molecular weight is 385 g/mol. The monoisotopic (exact) mass is 385 g/mol. The van der Waals surface area contributed by atoms with Crippen LogP contribution in [0.4, 0.5) is 5.69 Å². The van der Waals surface area contributed by atoms with Crippen molar-refractivity contribution in [2.75, 3.05) is 18.1 Å². The highest BCUT2D eigenvalue weighted by Gasteiger charge is 2.26. The minimum absolute atomic E-state index is 0.0904. The van der Waals surface area contributed by atoms with Gasteiger partial charge in [-0.05, 0) is 12.1 Å². The van der Waals surface area contributed by atoms with Crippen LogP contribution in [0.2, 0.25) is 0 Å². The number of nitrogens with zero attached hydrogens (tertiary/aromatic N) is 2. The summed E-state index contributed by atoms with van der Waals surface area (Å²) in [6, 6.07) is 26.4. The van der Waals surface area contributed by atoms with Crippen molar-refractivity contribution in [3.8, 4) is 5.75 Å². The zero-order valence-corrected chi connectivity index (χ0v) is 15.6. The van der Waals surface area contributed by atoms with Crippen LogP contribution in [0.1, 0.15) is 11.1 Å². The summed E-state index contributed by atoms with van der Waals surface area (Å²) in [5, 5.41) is 4.36. The van der Waals surface area contributed by atoms with E-state index in [0.29, 0.717) is 17.1 Å². The maximum Gasteiger partial charge on any atom is 0.265 e. The van der Waals surface area contributed by atoms with Gasteiger partial charge in [-0.15, -0.1) is 0 Å². The van der Waals surface area contributed by atoms with Crippen LogP contribution in [0.15, 0.2) is 90.0 Å². The van der Waals surface area contributed by atoms with Crippen LogP contribution in [-0.4, -0.2) is 30.7 Å². The molecule has 1 aliphatic rings. The first-order valence-corrected chi connectivity index (χ1v) is 9.22. The number of fused-ring (bicyclic) bond motifs is 1. The van der Waals surface area contributed by atoms with Crippen molar-refractivity contribution in [3.63, 3.8) is 0 Å². The Morgan fingerprint density at radius 3 is 2.14 bits per heavy atom. The predicted molar refractivity (Wildman–Crippen MR) is 111 cm³/mol. The molecule has 0 saturated heterocycles. The number of carbonyl (C=O) groups is 2. The fraction of sp³-hybridized carbons (Fsp3) is 0.0870. The Morgan fingerprint density at radius 2 is 1.48 bits per heavy atom. The van der Waals surface area contributed by atoms with Gasteiger partial charge < -0.3 is 4.74 Å². The molecular weight excluding hydrogens is 366 g/mol. The minimum atomic E-state index is -0.389. The van der Waals surface area contributed by atoms with Gasteiger partial charge in [-0.1, -0.05) is 72.8 Å². The second kappa shape index (κ2) is 8.39. The standard InChI is InChI=1S/C23H19N3O3/c27-21(15-26-19-13-7-8-14-20(19)29-16-22(26)28)24-25-23(17-9-3-1-4-10-17)18-11-5-2-6-12-18/h1-14H,15-16H2,(H,24,27). The van der Waals surface area contributed by atoms with E-state index in [1.165, 1.54) is 4.90 Å². The first-order chi connectivity index (χ1) is 14.2. The number of rotatable bonds is 5. The van der Waals surface area contributed by atoms with Gasteiger partial charge in [0.15, 0.2) is 6.61 Å². The molecule has 0 atom stereocenters. The van der Waals surface area contributed by atoms with Crippen LogP contribution in [0.5, 0.6) is 5.75 Å². The molecule has 6 nitrogen and oxygen atoms in total. The average Bonchev–Trinajstić information content (AvgIpc) is 2.77. The zero-order valence-electron chi connectivity index (χ0n) is 15.6. The molecule has 1 N–H and O–H groups in total. The lowest BCUT2D eigenvalue weighted by atomic mass is 10.0. The number of carbonyl (C=O) groups excluding carboxylic acids is 2. The Hall–Kier alpha value is -3.93. The summed E-state index contributed by atoms with van der Waals surface area (Å²) in [5.41, 5.74) is 5.58. The molecule has 0 radical (unpaired) electrons. The molecular formula is C23H19N3O3. The summed E-state index contributed by atoms with van der Waals surface area (Å²) in [5.74, 6) is -0.0775. The molecule has 0 aromatic heterocycles. The van der Waals surface area contributed by atoms with Crippen molar-refractivity contribution in [3.05, 3.63) is 96.1 Å². The van der Waals surface area contributed by atoms with Crippen LogP contribution in [0.25, 0.3) is 0 Å². The summed E-state index contributed by atoms with van der Waals surface area (Å²) in [4.78, 5) is 26.3. The first kappa shape index (κ1) is 18.4. The summed E-state index contributed by atoms with van der Waals surface area (Å²) in [6.45, 7) is -0.230. The highest BCUT2D eigenvalue weighted by atomic mass is 16.5. The van der Waals surface area contributed by atoms with Crippen LogP contribution in [0, 0.1) is 0 Å². The number of hydrazone groups is 1. The Balaban J connectivity index is 1.55. The minimum Gasteiger partial charge on any atom is -0.482 e. The normalized spacial score (nSPS) is 12.6. The van der Waals surface area contributed by atoms with Gasteiger partial charge >= 0.3 is 0 Å². The summed E-state index contributed by atoms with van der Waals surface area (Å²) in [6.07, 6.45) is 0. The van der Waals surface area contributed by atoms with E-state index < -0.39 is 0 Å². The molecule has 3 aromatic carbocycles. The molecule has 144 valence electrons. The number of hydrogen-bond acceptors (Lipinski definition) is 4. The van der Waals surface area contributed by atoms with E-state index in [2.05, 4.69) is 10.5 Å². The van der Waals surface area contributed by atoms with Gasteiger partial charge in [-0.3, -0.25) is 14.5 Å². The van der Waals surface area contributed by atoms with Crippen molar-refractivity contribution in [2.45, 2.75) is 0 Å². The molecule has 4 rings (SSSR count). The third-order valence-electron chi connectivity index (χ3n) is 4.50. The number of anilines is 1. The fourth-order valence-electron chi connectivity index (χ4n) is 3.11. The van der Waals surface area contributed by atoms with E-state index in [9.17, 15) is 9.59 Å². The molecule has 1 aliphatic heterocycles. The van der Waals surface area contributed by atoms with E-state index in [-0.39, 0.29) is 25.0 Å². The van der Waals surface area contributed by atoms with E-state index in [4.69, 9.17) is 4.74 Å². The molecule has 0 aliphatic carbocycles. The van der Waals surface area contributed by atoms with Gasteiger partial charge in [0.2, 0.25) is 0 Å². The molecule has 6 heteroatoms. The van der Waals surface area contributed by atoms with Gasteiger partial charge in [-0.25, -0.2) is 5.43 Å². The third kappa shape index (κ3) is 4.16. The van der Waals surface area contributed by atoms with Crippen molar-refractivity contribution in [2.24, 2.45) is 5.10 Å². The Bertz CT molecular complexity index is 1010. The van der Waals surface area contributed by atoms with Gasteiger partial charge in [0, 0.05) is 11.1 Å². The van der Waals surface area contributed by atoms with E-state index in [1.54, 1.807) is 18.2 Å². The van der Waals surface area contributed by atoms with Crippen LogP contribution < -0.4 is 15.1 Å². The van der Waals surface area contributed by atoms with Gasteiger partial charge in [0.05, 0.1) is 11.4 Å². The molecule has 1 heterocycles. The zero-order chi connectivity index (χ0) is 20.1. The number of para-hydroxylation sites is 2. The van der Waals surface area contributed by atoms with E-state index >= 15 is 0 Å². The Kier molecular flexibility index (Phi) is 5.33. The van der Waals surface area contributed by atoms with Gasteiger partial charge in [0.1, 0.15) is 12.3 Å². The van der Waals surface area contributed by atoms with Crippen molar-refractivity contribution in [1.82, 2.24) is 5.43 Å². The topological polar surface area (TPSA) is 71.0 Å². The lowest BCUT2D eigenvalue weighted by molar-refractivity contribution is -0.125. The number of benzene rings is 3. The van der Waals surface area contributed by atoms with Crippen molar-refractivity contribution >= 4 is 23.2 Å². The first-order valence-electron chi connectivity index (χ1n) is 9.22. The molecule has 2 amide bonds. The maximum absolute atomic E-state index is 12.6. The lowest BCUT2D eigenvalue weighted by Crippen LogP contribution is -2.44. The van der Waals surface area contributed by atoms with Crippen LogP contribution in [0.3, 0.4) is 0 Å². The Morgan fingerprint density at radius 1 is 0.897 bits per heavy atom. The molecule has 0 bridgehead atoms. The van der Waals surface area contributed by atoms with Crippen LogP contribution >= 0.6 is 0 Å². The summed E-state index contributed by atoms with van der Waals surface area (Å²) >= 11 is 0. The predicted octanol–water partition coefficient (Wildman–Crippen LogP) is 2.98. The summed E-state index contributed by atoms with van der Waals surface area (Å²) < 4.78 is 5.41. The molecule has 0 spiro atoms. The quantitative estimate of drug-likeness (QED) is 0.542. The highest BCUT2D eigenvalue weighted by Crippen LogP contribution is 2.31. The fourth-order valence-corrected chi connectivity index (χ4v) is 3.11.